The van der Waals surface area contributed by atoms with Gasteiger partial charge in [-0.2, -0.15) is 8.78 Å². The molecular formula is C11H10Cl2F2O3. The minimum absolute atomic E-state index is 0.00729. The van der Waals surface area contributed by atoms with E-state index in [4.69, 9.17) is 23.2 Å². The van der Waals surface area contributed by atoms with Crippen LogP contribution in [0.2, 0.25) is 10.0 Å². The number of esters is 1. The van der Waals surface area contributed by atoms with Crippen LogP contribution in [0.4, 0.5) is 8.78 Å². The molecule has 3 nitrogen and oxygen atoms in total. The van der Waals surface area contributed by atoms with Gasteiger partial charge >= 0.3 is 11.9 Å². The maximum absolute atomic E-state index is 13.6. The first-order valence-corrected chi connectivity index (χ1v) is 5.75. The van der Waals surface area contributed by atoms with Gasteiger partial charge in [0.25, 0.3) is 0 Å². The second-order valence-corrected chi connectivity index (χ2v) is 4.17. The van der Waals surface area contributed by atoms with Crippen LogP contribution >= 0.6 is 23.2 Å². The lowest BCUT2D eigenvalue weighted by atomic mass is 10.0. The third-order valence-electron chi connectivity index (χ3n) is 2.17. The second-order valence-electron chi connectivity index (χ2n) is 3.39. The molecule has 0 aromatic heterocycles. The van der Waals surface area contributed by atoms with E-state index < -0.39 is 18.0 Å². The molecule has 0 heterocycles. The highest BCUT2D eigenvalue weighted by Gasteiger charge is 2.49. The molecule has 1 aromatic carbocycles. The predicted octanol–water partition coefficient (Wildman–Crippen LogP) is 3.23. The van der Waals surface area contributed by atoms with Gasteiger partial charge < -0.3 is 9.84 Å². The second kappa shape index (κ2) is 5.82. The third kappa shape index (κ3) is 2.91. The van der Waals surface area contributed by atoms with E-state index in [-0.39, 0.29) is 22.2 Å². The van der Waals surface area contributed by atoms with Gasteiger partial charge in [-0.1, -0.05) is 35.3 Å². The molecule has 0 aliphatic carbocycles. The van der Waals surface area contributed by atoms with Crippen LogP contribution in [-0.2, 0) is 9.53 Å². The fourth-order valence-electron chi connectivity index (χ4n) is 1.27. The summed E-state index contributed by atoms with van der Waals surface area (Å²) in [7, 11) is 0. The molecule has 1 N–H and O–H groups in total. The minimum atomic E-state index is -4.09. The fourth-order valence-corrected chi connectivity index (χ4v) is 1.68. The average molecular weight is 299 g/mol. The molecule has 0 saturated carbocycles. The number of aliphatic hydroxyl groups is 1. The summed E-state index contributed by atoms with van der Waals surface area (Å²) in [6.45, 7) is 1.16. The van der Waals surface area contributed by atoms with Crippen LogP contribution in [0.15, 0.2) is 18.2 Å². The Labute approximate surface area is 112 Å². The standard InChI is InChI=1S/C11H10Cl2F2O3/c1-2-18-10(17)11(14,15)9(16)6-4-3-5-7(12)8(6)13/h3-5,9,16H,2H2,1H3. The largest absolute Gasteiger partial charge is 0.461 e. The SMILES string of the molecule is CCOC(=O)C(F)(F)C(O)c1cccc(Cl)c1Cl. The van der Waals surface area contributed by atoms with Crippen molar-refractivity contribution in [2.24, 2.45) is 0 Å². The first-order chi connectivity index (χ1) is 8.32. The van der Waals surface area contributed by atoms with Crippen molar-refractivity contribution in [3.05, 3.63) is 33.8 Å². The van der Waals surface area contributed by atoms with E-state index in [1.807, 2.05) is 0 Å². The van der Waals surface area contributed by atoms with Crippen molar-refractivity contribution in [3.63, 3.8) is 0 Å². The van der Waals surface area contributed by atoms with Gasteiger partial charge in [-0.05, 0) is 13.0 Å². The Balaban J connectivity index is 3.09. The van der Waals surface area contributed by atoms with Gasteiger partial charge in [-0.15, -0.1) is 0 Å². The summed E-state index contributed by atoms with van der Waals surface area (Å²) in [6.07, 6.45) is -2.41. The van der Waals surface area contributed by atoms with Crippen LogP contribution in [0, 0.1) is 0 Å². The van der Waals surface area contributed by atoms with Crippen LogP contribution in [-0.4, -0.2) is 23.6 Å². The smallest absolute Gasteiger partial charge is 0.380 e. The number of carbonyl (C=O) groups excluding carboxylic acids is 1. The molecule has 0 fully saturated rings. The summed E-state index contributed by atoms with van der Waals surface area (Å²) >= 11 is 11.3. The quantitative estimate of drug-likeness (QED) is 0.868. The fraction of sp³-hybridized carbons (Fsp3) is 0.364. The third-order valence-corrected chi connectivity index (χ3v) is 3.00. The Bertz CT molecular complexity index is 452. The van der Waals surface area contributed by atoms with E-state index in [0.717, 1.165) is 6.07 Å². The molecule has 0 aliphatic heterocycles. The van der Waals surface area contributed by atoms with Crippen LogP contribution in [0.1, 0.15) is 18.6 Å². The highest BCUT2D eigenvalue weighted by molar-refractivity contribution is 6.42. The molecule has 0 radical (unpaired) electrons. The van der Waals surface area contributed by atoms with Gasteiger partial charge in [-0.3, -0.25) is 0 Å². The van der Waals surface area contributed by atoms with Crippen LogP contribution in [0.5, 0.6) is 0 Å². The van der Waals surface area contributed by atoms with Crippen LogP contribution in [0.3, 0.4) is 0 Å². The molecule has 0 spiro atoms. The lowest BCUT2D eigenvalue weighted by Crippen LogP contribution is -2.37. The van der Waals surface area contributed by atoms with E-state index in [0.29, 0.717) is 0 Å². The minimum Gasteiger partial charge on any atom is -0.461 e. The maximum Gasteiger partial charge on any atom is 0.380 e. The molecule has 1 unspecified atom stereocenters. The number of carbonyl (C=O) groups is 1. The summed E-state index contributed by atoms with van der Waals surface area (Å²) in [4.78, 5) is 11.1. The summed E-state index contributed by atoms with van der Waals surface area (Å²) in [5, 5.41) is 9.34. The van der Waals surface area contributed by atoms with E-state index >= 15 is 0 Å². The number of ether oxygens (including phenoxy) is 1. The van der Waals surface area contributed by atoms with Crippen LogP contribution < -0.4 is 0 Å². The Morgan fingerprint density at radius 3 is 2.67 bits per heavy atom. The highest BCUT2D eigenvalue weighted by Crippen LogP contribution is 2.38. The topological polar surface area (TPSA) is 46.5 Å². The molecule has 0 bridgehead atoms. The summed E-state index contributed by atoms with van der Waals surface area (Å²) < 4.78 is 31.3. The summed E-state index contributed by atoms with van der Waals surface area (Å²) in [6, 6.07) is 3.88. The van der Waals surface area contributed by atoms with Crippen molar-refractivity contribution in [1.29, 1.82) is 0 Å². The molecule has 7 heteroatoms. The van der Waals surface area contributed by atoms with Crippen molar-refractivity contribution in [2.45, 2.75) is 19.0 Å². The Kier molecular flexibility index (Phi) is 4.90. The normalized spacial score (nSPS) is 13.2. The van der Waals surface area contributed by atoms with E-state index in [2.05, 4.69) is 4.74 Å². The van der Waals surface area contributed by atoms with Crippen molar-refractivity contribution in [2.75, 3.05) is 6.61 Å². The average Bonchev–Trinajstić information content (AvgIpc) is 2.32. The van der Waals surface area contributed by atoms with Crippen molar-refractivity contribution in [3.8, 4) is 0 Å². The predicted molar refractivity (Wildman–Crippen MR) is 63.0 cm³/mol. The zero-order valence-corrected chi connectivity index (χ0v) is 10.8. The highest BCUT2D eigenvalue weighted by atomic mass is 35.5. The maximum atomic E-state index is 13.6. The number of benzene rings is 1. The van der Waals surface area contributed by atoms with E-state index in [1.54, 1.807) is 0 Å². The molecule has 1 aromatic rings. The molecular weight excluding hydrogens is 289 g/mol. The number of aliphatic hydroxyl groups excluding tert-OH is 1. The van der Waals surface area contributed by atoms with E-state index in [1.165, 1.54) is 19.1 Å². The van der Waals surface area contributed by atoms with Crippen molar-refractivity contribution < 1.29 is 23.4 Å². The first kappa shape index (κ1) is 15.1. The van der Waals surface area contributed by atoms with Gasteiger partial charge in [0.05, 0.1) is 16.7 Å². The Hall–Kier alpha value is -0.910. The lowest BCUT2D eigenvalue weighted by Gasteiger charge is -2.21. The zero-order chi connectivity index (χ0) is 13.9. The number of rotatable bonds is 4. The number of hydrogen-bond acceptors (Lipinski definition) is 3. The Morgan fingerprint density at radius 2 is 2.11 bits per heavy atom. The van der Waals surface area contributed by atoms with Gasteiger partial charge in [0.15, 0.2) is 6.10 Å². The molecule has 0 saturated heterocycles. The first-order valence-electron chi connectivity index (χ1n) is 4.99. The number of halogens is 4. The lowest BCUT2D eigenvalue weighted by molar-refractivity contribution is -0.189. The monoisotopic (exact) mass is 298 g/mol. The van der Waals surface area contributed by atoms with Gasteiger partial charge in [0, 0.05) is 5.56 Å². The summed E-state index contributed by atoms with van der Waals surface area (Å²) in [5.41, 5.74) is -0.331. The van der Waals surface area contributed by atoms with Gasteiger partial charge in [-0.25, -0.2) is 4.79 Å². The number of alkyl halides is 2. The molecule has 0 amide bonds. The molecule has 1 atom stereocenters. The molecule has 100 valence electrons. The van der Waals surface area contributed by atoms with E-state index in [9.17, 15) is 18.7 Å². The van der Waals surface area contributed by atoms with Crippen molar-refractivity contribution in [1.82, 2.24) is 0 Å². The van der Waals surface area contributed by atoms with Crippen LogP contribution in [0.25, 0.3) is 0 Å². The summed E-state index contributed by atoms with van der Waals surface area (Å²) in [5.74, 6) is -5.90. The molecule has 1 rings (SSSR count). The van der Waals surface area contributed by atoms with Crippen molar-refractivity contribution >= 4 is 29.2 Å². The van der Waals surface area contributed by atoms with Gasteiger partial charge in [0.1, 0.15) is 0 Å². The number of hydrogen-bond donors (Lipinski definition) is 1. The Morgan fingerprint density at radius 1 is 1.50 bits per heavy atom. The molecule has 0 aliphatic rings. The van der Waals surface area contributed by atoms with Gasteiger partial charge in [0.2, 0.25) is 0 Å². The zero-order valence-electron chi connectivity index (χ0n) is 9.29. The molecule has 18 heavy (non-hydrogen) atoms.